The van der Waals surface area contributed by atoms with Gasteiger partial charge in [-0.25, -0.2) is 4.79 Å². The van der Waals surface area contributed by atoms with Crippen LogP contribution in [0.25, 0.3) is 0 Å². The first kappa shape index (κ1) is 10.7. The van der Waals surface area contributed by atoms with Gasteiger partial charge in [0.1, 0.15) is 5.60 Å². The number of aliphatic hydroxyl groups is 1. The van der Waals surface area contributed by atoms with Gasteiger partial charge in [-0.3, -0.25) is 4.90 Å². The summed E-state index contributed by atoms with van der Waals surface area (Å²) in [7, 11) is 0. The number of piperazine rings is 1. The molecule has 2 heterocycles. The monoisotopic (exact) mass is 214 g/mol. The van der Waals surface area contributed by atoms with E-state index >= 15 is 0 Å². The Kier molecular flexibility index (Phi) is 2.39. The van der Waals surface area contributed by atoms with Crippen LogP contribution < -0.4 is 5.32 Å². The van der Waals surface area contributed by atoms with Crippen LogP contribution in [0, 0.1) is 0 Å². The number of likely N-dealkylation sites (tertiary alicyclic amines) is 1. The number of aliphatic hydroxyl groups excluding tert-OH is 1. The molecule has 0 saturated carbocycles. The summed E-state index contributed by atoms with van der Waals surface area (Å²) in [5.41, 5.74) is -0.475. The van der Waals surface area contributed by atoms with Crippen LogP contribution in [0.1, 0.15) is 20.8 Å². The van der Waals surface area contributed by atoms with Crippen LogP contribution in [-0.2, 0) is 4.74 Å². The van der Waals surface area contributed by atoms with Gasteiger partial charge in [0.05, 0.1) is 18.2 Å². The highest BCUT2D eigenvalue weighted by Gasteiger charge is 2.48. The smallest absolute Gasteiger partial charge is 0.410 e. The molecule has 86 valence electrons. The van der Waals surface area contributed by atoms with E-state index in [1.807, 2.05) is 20.8 Å². The molecule has 0 radical (unpaired) electrons. The Morgan fingerprint density at radius 1 is 1.53 bits per heavy atom. The lowest BCUT2D eigenvalue weighted by atomic mass is 10.2. The summed E-state index contributed by atoms with van der Waals surface area (Å²) in [4.78, 5) is 13.4. The van der Waals surface area contributed by atoms with Crippen molar-refractivity contribution < 1.29 is 14.6 Å². The molecule has 0 aromatic rings. The maximum atomic E-state index is 11.8. The fourth-order valence-corrected chi connectivity index (χ4v) is 2.13. The molecular weight excluding hydrogens is 196 g/mol. The average Bonchev–Trinajstić information content (AvgIpc) is 2.59. The van der Waals surface area contributed by atoms with Gasteiger partial charge in [-0.15, -0.1) is 0 Å². The minimum atomic E-state index is -0.475. The van der Waals surface area contributed by atoms with E-state index < -0.39 is 11.7 Å². The average molecular weight is 214 g/mol. The molecule has 2 aliphatic rings. The third-order valence-electron chi connectivity index (χ3n) is 2.82. The Balaban J connectivity index is 1.99. The van der Waals surface area contributed by atoms with Gasteiger partial charge in [0.15, 0.2) is 0 Å². The second-order valence-corrected chi connectivity index (χ2v) is 5.21. The molecular formula is C10H18N2O3. The number of hydrogen-bond acceptors (Lipinski definition) is 4. The van der Waals surface area contributed by atoms with Crippen LogP contribution >= 0.6 is 0 Å². The quantitative estimate of drug-likeness (QED) is 0.593. The molecule has 2 fully saturated rings. The first-order valence-corrected chi connectivity index (χ1v) is 5.29. The van der Waals surface area contributed by atoms with Crippen molar-refractivity contribution in [2.24, 2.45) is 0 Å². The molecule has 0 unspecified atom stereocenters. The summed E-state index contributed by atoms with van der Waals surface area (Å²) in [5.74, 6) is 0. The van der Waals surface area contributed by atoms with E-state index in [-0.39, 0.29) is 18.2 Å². The summed E-state index contributed by atoms with van der Waals surface area (Å²) in [6.07, 6.45) is -0.770. The molecule has 5 nitrogen and oxygen atoms in total. The second-order valence-electron chi connectivity index (χ2n) is 5.21. The van der Waals surface area contributed by atoms with E-state index in [0.717, 1.165) is 0 Å². The van der Waals surface area contributed by atoms with E-state index in [0.29, 0.717) is 13.1 Å². The molecule has 15 heavy (non-hydrogen) atoms. The molecule has 5 heteroatoms. The Hall–Kier alpha value is -0.810. The van der Waals surface area contributed by atoms with Crippen molar-refractivity contribution in [2.75, 3.05) is 13.1 Å². The molecule has 3 atom stereocenters. The van der Waals surface area contributed by atoms with Gasteiger partial charge in [0, 0.05) is 13.1 Å². The third kappa shape index (κ3) is 1.94. The van der Waals surface area contributed by atoms with Crippen LogP contribution in [0.4, 0.5) is 4.79 Å². The van der Waals surface area contributed by atoms with Gasteiger partial charge in [-0.2, -0.15) is 0 Å². The molecule has 0 spiro atoms. The van der Waals surface area contributed by atoms with Crippen molar-refractivity contribution in [2.45, 2.75) is 44.6 Å². The number of amides is 1. The van der Waals surface area contributed by atoms with Crippen LogP contribution in [-0.4, -0.2) is 53.0 Å². The minimum absolute atomic E-state index is 0.0162. The molecule has 2 bridgehead atoms. The van der Waals surface area contributed by atoms with Crippen LogP contribution in [0.5, 0.6) is 0 Å². The number of ether oxygens (including phenoxy) is 1. The number of carbonyl (C=O) groups excluding carboxylic acids is 1. The second kappa shape index (κ2) is 3.35. The number of rotatable bonds is 0. The Morgan fingerprint density at radius 3 is 2.60 bits per heavy atom. The summed E-state index contributed by atoms with van der Waals surface area (Å²) < 4.78 is 5.27. The SMILES string of the molecule is CC(C)(C)OC(=O)N1C[C@H]2NC[C@H]1[C@H]2O. The highest BCUT2D eigenvalue weighted by molar-refractivity contribution is 5.69. The van der Waals surface area contributed by atoms with Gasteiger partial charge < -0.3 is 15.2 Å². The largest absolute Gasteiger partial charge is 0.444 e. The zero-order valence-electron chi connectivity index (χ0n) is 9.36. The van der Waals surface area contributed by atoms with Crippen molar-refractivity contribution in [3.8, 4) is 0 Å². The maximum absolute atomic E-state index is 11.8. The first-order valence-electron chi connectivity index (χ1n) is 5.29. The van der Waals surface area contributed by atoms with E-state index in [4.69, 9.17) is 4.74 Å². The molecule has 0 aliphatic carbocycles. The highest BCUT2D eigenvalue weighted by Crippen LogP contribution is 2.25. The molecule has 2 aliphatic heterocycles. The number of nitrogens with one attached hydrogen (secondary N) is 1. The van der Waals surface area contributed by atoms with E-state index in [1.54, 1.807) is 4.90 Å². The maximum Gasteiger partial charge on any atom is 0.410 e. The fourth-order valence-electron chi connectivity index (χ4n) is 2.13. The summed E-state index contributed by atoms with van der Waals surface area (Å²) in [6.45, 7) is 6.72. The lowest BCUT2D eigenvalue weighted by Crippen LogP contribution is -2.48. The Bertz CT molecular complexity index is 274. The van der Waals surface area contributed by atoms with Gasteiger partial charge >= 0.3 is 6.09 Å². The van der Waals surface area contributed by atoms with Crippen LogP contribution in [0.15, 0.2) is 0 Å². The third-order valence-corrected chi connectivity index (χ3v) is 2.82. The predicted octanol–water partition coefficient (Wildman–Crippen LogP) is -0.0616. The number of fused-ring (bicyclic) bond motifs is 2. The Morgan fingerprint density at radius 2 is 2.20 bits per heavy atom. The zero-order chi connectivity index (χ0) is 11.2. The van der Waals surface area contributed by atoms with Gasteiger partial charge in [-0.1, -0.05) is 0 Å². The van der Waals surface area contributed by atoms with Crippen molar-refractivity contribution in [3.63, 3.8) is 0 Å². The van der Waals surface area contributed by atoms with Gasteiger partial charge in [-0.05, 0) is 20.8 Å². The molecule has 0 aromatic carbocycles. The summed E-state index contributed by atoms with van der Waals surface area (Å²) in [6, 6.07) is -0.104. The Labute approximate surface area is 89.4 Å². The molecule has 2 saturated heterocycles. The van der Waals surface area contributed by atoms with E-state index in [2.05, 4.69) is 5.32 Å². The molecule has 0 aromatic heterocycles. The summed E-state index contributed by atoms with van der Waals surface area (Å²) >= 11 is 0. The normalized spacial score (nSPS) is 34.7. The number of nitrogens with zero attached hydrogens (tertiary/aromatic N) is 1. The standard InChI is InChI=1S/C10H18N2O3/c1-10(2,3)15-9(14)12-5-6-8(13)7(12)4-11-6/h6-8,11,13H,4-5H2,1-3H3/t6-,7+,8+/m1/s1. The van der Waals surface area contributed by atoms with Gasteiger partial charge in [0.2, 0.25) is 0 Å². The minimum Gasteiger partial charge on any atom is -0.444 e. The lowest BCUT2D eigenvalue weighted by molar-refractivity contribution is 0.0164. The zero-order valence-corrected chi connectivity index (χ0v) is 9.36. The van der Waals surface area contributed by atoms with E-state index in [9.17, 15) is 9.90 Å². The summed E-state index contributed by atoms with van der Waals surface area (Å²) in [5, 5.41) is 12.9. The van der Waals surface area contributed by atoms with Crippen molar-refractivity contribution in [1.82, 2.24) is 10.2 Å². The number of carbonyl (C=O) groups is 1. The molecule has 2 N–H and O–H groups in total. The molecule has 2 rings (SSSR count). The van der Waals surface area contributed by atoms with Crippen molar-refractivity contribution in [3.05, 3.63) is 0 Å². The predicted molar refractivity (Wildman–Crippen MR) is 54.5 cm³/mol. The van der Waals surface area contributed by atoms with Crippen LogP contribution in [0.3, 0.4) is 0 Å². The molecule has 1 amide bonds. The van der Waals surface area contributed by atoms with Gasteiger partial charge in [0.25, 0.3) is 0 Å². The topological polar surface area (TPSA) is 61.8 Å². The first-order chi connectivity index (χ1) is 6.88. The van der Waals surface area contributed by atoms with Crippen molar-refractivity contribution >= 4 is 6.09 Å². The highest BCUT2D eigenvalue weighted by atomic mass is 16.6. The number of hydrogen-bond donors (Lipinski definition) is 2. The van der Waals surface area contributed by atoms with Crippen LogP contribution in [0.2, 0.25) is 0 Å². The fraction of sp³-hybridized carbons (Fsp3) is 0.900. The van der Waals surface area contributed by atoms with E-state index in [1.165, 1.54) is 0 Å². The van der Waals surface area contributed by atoms with Crippen molar-refractivity contribution in [1.29, 1.82) is 0 Å². The lowest BCUT2D eigenvalue weighted by Gasteiger charge is -2.30.